The fraction of sp³-hybridized carbons (Fsp3) is 0.312. The molecule has 0 spiro atoms. The van der Waals surface area contributed by atoms with Crippen LogP contribution in [0.15, 0.2) is 36.7 Å². The fourth-order valence-corrected chi connectivity index (χ4v) is 1.91. The van der Waals surface area contributed by atoms with E-state index in [2.05, 4.69) is 33.2 Å². The molecule has 5 nitrogen and oxygen atoms in total. The van der Waals surface area contributed by atoms with Gasteiger partial charge in [0.25, 0.3) is 0 Å². The molecule has 5 heteroatoms. The summed E-state index contributed by atoms with van der Waals surface area (Å²) in [6.07, 6.45) is 4.61. The third-order valence-electron chi connectivity index (χ3n) is 3.10. The number of hydrogen-bond donors (Lipinski definition) is 1. The van der Waals surface area contributed by atoms with Gasteiger partial charge in [-0.15, -0.1) is 0 Å². The van der Waals surface area contributed by atoms with E-state index in [-0.39, 0.29) is 0 Å². The lowest BCUT2D eigenvalue weighted by Crippen LogP contribution is -2.17. The SMILES string of the molecule is CCCNc1cnc(CN(C)c2ccc(C#N)cc2)cn1. The average molecular weight is 281 g/mol. The number of hydrogen-bond acceptors (Lipinski definition) is 5. The maximum absolute atomic E-state index is 8.80. The van der Waals surface area contributed by atoms with Gasteiger partial charge in [-0.3, -0.25) is 4.98 Å². The number of nitriles is 1. The molecule has 0 bridgehead atoms. The molecular formula is C16H19N5. The van der Waals surface area contributed by atoms with Crippen molar-refractivity contribution in [2.75, 3.05) is 23.8 Å². The Hall–Kier alpha value is -2.61. The van der Waals surface area contributed by atoms with Crippen LogP contribution in [0.4, 0.5) is 11.5 Å². The zero-order valence-corrected chi connectivity index (χ0v) is 12.4. The van der Waals surface area contributed by atoms with Crippen molar-refractivity contribution in [2.45, 2.75) is 19.9 Å². The lowest BCUT2D eigenvalue weighted by molar-refractivity contribution is 0.870. The van der Waals surface area contributed by atoms with E-state index in [1.807, 2.05) is 31.3 Å². The lowest BCUT2D eigenvalue weighted by atomic mass is 10.2. The molecule has 108 valence electrons. The van der Waals surface area contributed by atoms with Gasteiger partial charge in [-0.25, -0.2) is 4.98 Å². The van der Waals surface area contributed by atoms with Gasteiger partial charge in [0.1, 0.15) is 5.82 Å². The van der Waals surface area contributed by atoms with Gasteiger partial charge in [0.15, 0.2) is 0 Å². The van der Waals surface area contributed by atoms with E-state index in [1.54, 1.807) is 12.4 Å². The first-order chi connectivity index (χ1) is 10.2. The van der Waals surface area contributed by atoms with Gasteiger partial charge < -0.3 is 10.2 Å². The minimum absolute atomic E-state index is 0.665. The second-order valence-electron chi connectivity index (χ2n) is 4.83. The van der Waals surface area contributed by atoms with E-state index in [0.717, 1.165) is 30.2 Å². The highest BCUT2D eigenvalue weighted by Gasteiger charge is 2.04. The number of rotatable bonds is 6. The monoisotopic (exact) mass is 281 g/mol. The Kier molecular flexibility index (Phi) is 5.10. The Labute approximate surface area is 125 Å². The van der Waals surface area contributed by atoms with Crippen molar-refractivity contribution in [3.63, 3.8) is 0 Å². The summed E-state index contributed by atoms with van der Waals surface area (Å²) in [5.74, 6) is 0.807. The molecule has 0 radical (unpaired) electrons. The lowest BCUT2D eigenvalue weighted by Gasteiger charge is -2.18. The van der Waals surface area contributed by atoms with E-state index in [0.29, 0.717) is 12.1 Å². The van der Waals surface area contributed by atoms with Crippen LogP contribution in [-0.4, -0.2) is 23.6 Å². The van der Waals surface area contributed by atoms with Crippen LogP contribution < -0.4 is 10.2 Å². The van der Waals surface area contributed by atoms with Crippen LogP contribution in [0.5, 0.6) is 0 Å². The van der Waals surface area contributed by atoms with Crippen LogP contribution in [0.2, 0.25) is 0 Å². The van der Waals surface area contributed by atoms with Gasteiger partial charge in [0, 0.05) is 19.3 Å². The molecule has 0 amide bonds. The molecule has 1 heterocycles. The Morgan fingerprint density at radius 3 is 2.52 bits per heavy atom. The highest BCUT2D eigenvalue weighted by molar-refractivity contribution is 5.49. The molecule has 2 aromatic rings. The molecule has 1 aromatic carbocycles. The molecule has 1 N–H and O–H groups in total. The summed E-state index contributed by atoms with van der Waals surface area (Å²) in [5.41, 5.74) is 2.62. The zero-order chi connectivity index (χ0) is 15.1. The third kappa shape index (κ3) is 4.18. The minimum Gasteiger partial charge on any atom is -0.369 e. The van der Waals surface area contributed by atoms with Crippen molar-refractivity contribution < 1.29 is 0 Å². The molecule has 0 saturated heterocycles. The first-order valence-corrected chi connectivity index (χ1v) is 6.99. The van der Waals surface area contributed by atoms with Gasteiger partial charge in [-0.05, 0) is 30.7 Å². The molecule has 0 unspecified atom stereocenters. The van der Waals surface area contributed by atoms with Crippen LogP contribution >= 0.6 is 0 Å². The van der Waals surface area contributed by atoms with Crippen LogP contribution in [0.3, 0.4) is 0 Å². The Morgan fingerprint density at radius 1 is 1.19 bits per heavy atom. The van der Waals surface area contributed by atoms with Crippen molar-refractivity contribution in [2.24, 2.45) is 0 Å². The first kappa shape index (κ1) is 14.8. The highest BCUT2D eigenvalue weighted by atomic mass is 15.1. The van der Waals surface area contributed by atoms with E-state index in [9.17, 15) is 0 Å². The van der Waals surface area contributed by atoms with Crippen molar-refractivity contribution in [3.05, 3.63) is 47.9 Å². The van der Waals surface area contributed by atoms with Crippen molar-refractivity contribution >= 4 is 11.5 Å². The van der Waals surface area contributed by atoms with Gasteiger partial charge in [0.2, 0.25) is 0 Å². The summed E-state index contributed by atoms with van der Waals surface area (Å²) < 4.78 is 0. The molecule has 21 heavy (non-hydrogen) atoms. The maximum atomic E-state index is 8.80. The topological polar surface area (TPSA) is 64.8 Å². The summed E-state index contributed by atoms with van der Waals surface area (Å²) in [5, 5.41) is 12.0. The Morgan fingerprint density at radius 2 is 1.95 bits per heavy atom. The van der Waals surface area contributed by atoms with Crippen LogP contribution in [0, 0.1) is 11.3 Å². The second kappa shape index (κ2) is 7.25. The van der Waals surface area contributed by atoms with Gasteiger partial charge in [-0.2, -0.15) is 5.26 Å². The van der Waals surface area contributed by atoms with E-state index >= 15 is 0 Å². The highest BCUT2D eigenvalue weighted by Crippen LogP contribution is 2.15. The van der Waals surface area contributed by atoms with Crippen LogP contribution in [-0.2, 0) is 6.54 Å². The number of nitrogens with zero attached hydrogens (tertiary/aromatic N) is 4. The second-order valence-corrected chi connectivity index (χ2v) is 4.83. The Balaban J connectivity index is 1.98. The number of anilines is 2. The summed E-state index contributed by atoms with van der Waals surface area (Å²) in [6.45, 7) is 3.69. The van der Waals surface area contributed by atoms with Gasteiger partial charge in [0.05, 0.1) is 36.3 Å². The largest absolute Gasteiger partial charge is 0.369 e. The third-order valence-corrected chi connectivity index (χ3v) is 3.10. The molecule has 0 fully saturated rings. The van der Waals surface area contributed by atoms with E-state index in [1.165, 1.54) is 0 Å². The smallest absolute Gasteiger partial charge is 0.144 e. The molecule has 1 aromatic heterocycles. The molecule has 2 rings (SSSR count). The Bertz CT molecular complexity index is 598. The van der Waals surface area contributed by atoms with Crippen molar-refractivity contribution in [1.29, 1.82) is 5.26 Å². The summed E-state index contributed by atoms with van der Waals surface area (Å²) in [4.78, 5) is 10.8. The van der Waals surface area contributed by atoms with Crippen LogP contribution in [0.1, 0.15) is 24.6 Å². The molecule has 0 atom stereocenters. The fourth-order valence-electron chi connectivity index (χ4n) is 1.91. The predicted octanol–water partition coefficient (Wildman–Crippen LogP) is 2.81. The molecule has 0 aliphatic rings. The molecule has 0 saturated carbocycles. The molecule has 0 aliphatic carbocycles. The number of benzene rings is 1. The van der Waals surface area contributed by atoms with E-state index in [4.69, 9.17) is 5.26 Å². The van der Waals surface area contributed by atoms with E-state index < -0.39 is 0 Å². The normalized spacial score (nSPS) is 9.95. The van der Waals surface area contributed by atoms with Crippen LogP contribution in [0.25, 0.3) is 0 Å². The number of nitrogens with one attached hydrogen (secondary N) is 1. The predicted molar refractivity (Wildman–Crippen MR) is 84.1 cm³/mol. The zero-order valence-electron chi connectivity index (χ0n) is 12.4. The summed E-state index contributed by atoms with van der Waals surface area (Å²) in [6, 6.07) is 9.61. The molecular weight excluding hydrogens is 262 g/mol. The van der Waals surface area contributed by atoms with Crippen molar-refractivity contribution in [1.82, 2.24) is 9.97 Å². The molecule has 0 aliphatic heterocycles. The average Bonchev–Trinajstić information content (AvgIpc) is 2.54. The quantitative estimate of drug-likeness (QED) is 0.882. The van der Waals surface area contributed by atoms with Gasteiger partial charge in [-0.1, -0.05) is 6.92 Å². The summed E-state index contributed by atoms with van der Waals surface area (Å²) >= 11 is 0. The first-order valence-electron chi connectivity index (χ1n) is 6.99. The van der Waals surface area contributed by atoms with Crippen molar-refractivity contribution in [3.8, 4) is 6.07 Å². The summed E-state index contributed by atoms with van der Waals surface area (Å²) in [7, 11) is 1.99. The van der Waals surface area contributed by atoms with Gasteiger partial charge >= 0.3 is 0 Å². The minimum atomic E-state index is 0.665. The maximum Gasteiger partial charge on any atom is 0.144 e. The standard InChI is InChI=1S/C16H19N5/c1-3-8-18-16-11-19-14(10-20-16)12-21(2)15-6-4-13(9-17)5-7-15/h4-7,10-11H,3,8,12H2,1-2H3,(H,18,20). The number of aromatic nitrogens is 2.